The van der Waals surface area contributed by atoms with E-state index >= 15 is 0 Å². The number of anilines is 1. The van der Waals surface area contributed by atoms with Crippen molar-refractivity contribution in [2.75, 3.05) is 5.73 Å². The molecule has 1 heterocycles. The fourth-order valence-electron chi connectivity index (χ4n) is 2.98. The summed E-state index contributed by atoms with van der Waals surface area (Å²) in [6.07, 6.45) is 2.78. The Labute approximate surface area is 122 Å². The van der Waals surface area contributed by atoms with Gasteiger partial charge in [-0.3, -0.25) is 9.48 Å². The maximum absolute atomic E-state index is 11.2. The number of hydrogen-bond acceptors (Lipinski definition) is 4. The zero-order chi connectivity index (χ0) is 15.0. The van der Waals surface area contributed by atoms with Crippen LogP contribution >= 0.6 is 0 Å². The highest BCUT2D eigenvalue weighted by Crippen LogP contribution is 2.36. The number of rotatable bonds is 3. The van der Waals surface area contributed by atoms with E-state index in [1.54, 1.807) is 4.68 Å². The number of primary amides is 1. The van der Waals surface area contributed by atoms with E-state index in [9.17, 15) is 4.79 Å². The molecule has 1 aromatic heterocycles. The molecule has 1 unspecified atom stereocenters. The molecule has 0 saturated carbocycles. The summed E-state index contributed by atoms with van der Waals surface area (Å²) in [4.78, 5) is 11.2. The van der Waals surface area contributed by atoms with Gasteiger partial charge in [0.05, 0.1) is 5.69 Å². The van der Waals surface area contributed by atoms with E-state index < -0.39 is 5.91 Å². The number of amides is 1. The highest BCUT2D eigenvalue weighted by Gasteiger charge is 2.27. The lowest BCUT2D eigenvalue weighted by atomic mass is 9.89. The van der Waals surface area contributed by atoms with Gasteiger partial charge in [0.2, 0.25) is 5.91 Å². The summed E-state index contributed by atoms with van der Waals surface area (Å²) < 4.78 is 1.69. The van der Waals surface area contributed by atoms with Crippen molar-refractivity contribution in [3.8, 4) is 11.3 Å². The van der Waals surface area contributed by atoms with Crippen molar-refractivity contribution in [1.82, 2.24) is 9.78 Å². The third kappa shape index (κ3) is 2.50. The van der Waals surface area contributed by atoms with Gasteiger partial charge in [-0.05, 0) is 31.4 Å². The van der Waals surface area contributed by atoms with Crippen molar-refractivity contribution in [3.63, 3.8) is 0 Å². The van der Waals surface area contributed by atoms with E-state index in [1.807, 2.05) is 24.3 Å². The summed E-state index contributed by atoms with van der Waals surface area (Å²) in [6, 6.07) is 7.48. The minimum absolute atomic E-state index is 0.0631. The molecule has 2 aromatic rings. The number of nitrogens with zero attached hydrogens (tertiary/aromatic N) is 2. The first kappa shape index (κ1) is 13.6. The lowest BCUT2D eigenvalue weighted by Crippen LogP contribution is -2.23. The minimum atomic E-state index is -0.404. The van der Waals surface area contributed by atoms with Crippen LogP contribution in [0.3, 0.4) is 0 Å². The number of carbonyl (C=O) groups excluding carboxylic acids is 1. The zero-order valence-electron chi connectivity index (χ0n) is 11.7. The molecule has 1 aliphatic rings. The number of aromatic nitrogens is 2. The lowest BCUT2D eigenvalue weighted by molar-refractivity contribution is -0.118. The first-order valence-electron chi connectivity index (χ1n) is 7.05. The Hall–Kier alpha value is -2.34. The zero-order valence-corrected chi connectivity index (χ0v) is 11.7. The number of benzene rings is 1. The van der Waals surface area contributed by atoms with E-state index in [0.29, 0.717) is 5.69 Å². The van der Waals surface area contributed by atoms with Crippen molar-refractivity contribution >= 4 is 11.6 Å². The summed E-state index contributed by atoms with van der Waals surface area (Å²) >= 11 is 0. The SMILES string of the molecule is NC(=O)Cn1nc(-c2cccc(N)c2)c2c1CCCC2N. The van der Waals surface area contributed by atoms with Crippen LogP contribution in [0, 0.1) is 0 Å². The van der Waals surface area contributed by atoms with Gasteiger partial charge in [-0.25, -0.2) is 0 Å². The predicted molar refractivity (Wildman–Crippen MR) is 81.1 cm³/mol. The highest BCUT2D eigenvalue weighted by molar-refractivity contribution is 5.74. The molecule has 0 fully saturated rings. The Morgan fingerprint density at radius 1 is 1.43 bits per heavy atom. The van der Waals surface area contributed by atoms with Gasteiger partial charge >= 0.3 is 0 Å². The van der Waals surface area contributed by atoms with Crippen LogP contribution < -0.4 is 17.2 Å². The molecule has 0 bridgehead atoms. The summed E-state index contributed by atoms with van der Waals surface area (Å²) in [6.45, 7) is 0.0807. The van der Waals surface area contributed by atoms with E-state index in [-0.39, 0.29) is 12.6 Å². The highest BCUT2D eigenvalue weighted by atomic mass is 16.1. The van der Waals surface area contributed by atoms with Crippen molar-refractivity contribution in [2.45, 2.75) is 31.8 Å². The molecule has 1 amide bonds. The molecule has 3 rings (SSSR count). The topological polar surface area (TPSA) is 113 Å². The molecule has 6 nitrogen and oxygen atoms in total. The van der Waals surface area contributed by atoms with Crippen LogP contribution in [0.15, 0.2) is 24.3 Å². The fourth-order valence-corrected chi connectivity index (χ4v) is 2.98. The molecular formula is C15H19N5O. The summed E-state index contributed by atoms with van der Waals surface area (Å²) in [5.41, 5.74) is 21.9. The van der Waals surface area contributed by atoms with Crippen molar-refractivity contribution in [3.05, 3.63) is 35.5 Å². The molecule has 0 spiro atoms. The predicted octanol–water partition coefficient (Wildman–Crippen LogP) is 0.954. The van der Waals surface area contributed by atoms with E-state index in [2.05, 4.69) is 5.10 Å². The number of carbonyl (C=O) groups is 1. The quantitative estimate of drug-likeness (QED) is 0.729. The van der Waals surface area contributed by atoms with Crippen molar-refractivity contribution < 1.29 is 4.79 Å². The van der Waals surface area contributed by atoms with Gasteiger partial charge in [0, 0.05) is 28.6 Å². The number of hydrogen-bond donors (Lipinski definition) is 3. The van der Waals surface area contributed by atoms with Crippen molar-refractivity contribution in [2.24, 2.45) is 11.5 Å². The molecule has 0 saturated heterocycles. The summed E-state index contributed by atoms with van der Waals surface area (Å²) in [7, 11) is 0. The van der Waals surface area contributed by atoms with Crippen LogP contribution in [0.25, 0.3) is 11.3 Å². The molecule has 1 aromatic carbocycles. The number of nitrogen functional groups attached to an aromatic ring is 1. The van der Waals surface area contributed by atoms with Crippen molar-refractivity contribution in [1.29, 1.82) is 0 Å². The Bertz CT molecular complexity index is 691. The second-order valence-corrected chi connectivity index (χ2v) is 5.46. The smallest absolute Gasteiger partial charge is 0.239 e. The summed E-state index contributed by atoms with van der Waals surface area (Å²) in [5.74, 6) is -0.404. The molecule has 1 aliphatic carbocycles. The molecule has 0 aliphatic heterocycles. The monoisotopic (exact) mass is 285 g/mol. The standard InChI is InChI=1S/C15H19N5O/c16-10-4-1-3-9(7-10)15-14-11(17)5-2-6-12(14)20(19-15)8-13(18)21/h1,3-4,7,11H,2,5-6,8,16-17H2,(H2,18,21). The normalized spacial score (nSPS) is 17.5. The van der Waals surface area contributed by atoms with Gasteiger partial charge < -0.3 is 17.2 Å². The molecule has 1 atom stereocenters. The molecule has 6 heteroatoms. The van der Waals surface area contributed by atoms with Crippen LogP contribution in [-0.2, 0) is 17.8 Å². The van der Waals surface area contributed by atoms with Crippen LogP contribution in [0.5, 0.6) is 0 Å². The Morgan fingerprint density at radius 3 is 2.95 bits per heavy atom. The van der Waals surface area contributed by atoms with Crippen LogP contribution in [0.2, 0.25) is 0 Å². The second-order valence-electron chi connectivity index (χ2n) is 5.46. The molecule has 6 N–H and O–H groups in total. The molecular weight excluding hydrogens is 266 g/mol. The number of nitrogens with two attached hydrogens (primary N) is 3. The molecule has 21 heavy (non-hydrogen) atoms. The van der Waals surface area contributed by atoms with Gasteiger partial charge in [-0.1, -0.05) is 12.1 Å². The average Bonchev–Trinajstić information content (AvgIpc) is 2.78. The fraction of sp³-hybridized carbons (Fsp3) is 0.333. The van der Waals surface area contributed by atoms with E-state index in [0.717, 1.165) is 41.8 Å². The first-order chi connectivity index (χ1) is 10.1. The average molecular weight is 285 g/mol. The second kappa shape index (κ2) is 5.21. The minimum Gasteiger partial charge on any atom is -0.399 e. The lowest BCUT2D eigenvalue weighted by Gasteiger charge is -2.20. The summed E-state index contributed by atoms with van der Waals surface area (Å²) in [5, 5.41) is 4.57. The van der Waals surface area contributed by atoms with E-state index in [4.69, 9.17) is 17.2 Å². The third-order valence-electron chi connectivity index (χ3n) is 3.86. The molecule has 110 valence electrons. The maximum Gasteiger partial charge on any atom is 0.239 e. The third-order valence-corrected chi connectivity index (χ3v) is 3.86. The number of fused-ring (bicyclic) bond motifs is 1. The largest absolute Gasteiger partial charge is 0.399 e. The first-order valence-corrected chi connectivity index (χ1v) is 7.05. The Kier molecular flexibility index (Phi) is 3.39. The van der Waals surface area contributed by atoms with Gasteiger partial charge in [-0.15, -0.1) is 0 Å². The van der Waals surface area contributed by atoms with Crippen LogP contribution in [-0.4, -0.2) is 15.7 Å². The van der Waals surface area contributed by atoms with Crippen LogP contribution in [0.1, 0.15) is 30.1 Å². The Morgan fingerprint density at radius 2 is 2.24 bits per heavy atom. The van der Waals surface area contributed by atoms with Gasteiger partial charge in [0.1, 0.15) is 6.54 Å². The van der Waals surface area contributed by atoms with E-state index in [1.165, 1.54) is 0 Å². The van der Waals surface area contributed by atoms with Gasteiger partial charge in [0.15, 0.2) is 0 Å². The Balaban J connectivity index is 2.16. The van der Waals surface area contributed by atoms with Crippen LogP contribution in [0.4, 0.5) is 5.69 Å². The maximum atomic E-state index is 11.2. The van der Waals surface area contributed by atoms with Gasteiger partial charge in [0.25, 0.3) is 0 Å². The molecule has 0 radical (unpaired) electrons. The van der Waals surface area contributed by atoms with Gasteiger partial charge in [-0.2, -0.15) is 5.10 Å².